The molecule has 0 radical (unpaired) electrons. The second-order valence-electron chi connectivity index (χ2n) is 23.2. The second kappa shape index (κ2) is 20.0. The van der Waals surface area contributed by atoms with E-state index in [0.29, 0.717) is 37.1 Å². The highest BCUT2D eigenvalue weighted by Gasteiger charge is 2.48. The van der Waals surface area contributed by atoms with E-state index in [4.69, 9.17) is 9.47 Å². The standard InChI is InChI=1S/C70H66N2O6/c1-39(2)65(40(3)4)77-57-37-55-60-59-56(68(74)71(69(75)61(57)59)63-51(45-25-13-14-26-45)33-49(43-21-9-10-22-43)34-52(63)46-27-15-16-28-46)38-58(78-66(41(5)6)42(7)8)62(60)70(76)72(67(55)73)64-53(47-29-17-18-30-47)35-50(44-23-11-12-24-44)36-54(64)48-31-19-20-32-48/h9-21,23,25,27,29,31,33-42,65-66H,22,24,26,28,30,32H2,1-8H3. The quantitative estimate of drug-likeness (QED) is 0.104. The molecule has 4 aromatic rings. The van der Waals surface area contributed by atoms with Gasteiger partial charge in [0.25, 0.3) is 23.6 Å². The van der Waals surface area contributed by atoms with Crippen LogP contribution in [0, 0.1) is 23.7 Å². The third-order valence-electron chi connectivity index (χ3n) is 16.6. The Morgan fingerprint density at radius 1 is 0.346 bits per heavy atom. The fraction of sp³-hybridized carbons (Fsp3) is 0.286. The van der Waals surface area contributed by atoms with Gasteiger partial charge in [-0.1, -0.05) is 165 Å². The molecule has 4 aromatic carbocycles. The molecule has 0 N–H and O–H groups in total. The topological polar surface area (TPSA) is 93.2 Å². The highest BCUT2D eigenvalue weighted by molar-refractivity contribution is 6.44. The molecule has 0 aromatic heterocycles. The number of ether oxygens (including phenoxy) is 2. The molecule has 0 atom stereocenters. The van der Waals surface area contributed by atoms with Crippen LogP contribution in [-0.4, -0.2) is 35.8 Å². The summed E-state index contributed by atoms with van der Waals surface area (Å²) in [6.45, 7) is 16.7. The van der Waals surface area contributed by atoms with Crippen molar-refractivity contribution < 1.29 is 28.7 Å². The number of hydrogen-bond donors (Lipinski definition) is 0. The van der Waals surface area contributed by atoms with Gasteiger partial charge in [-0.15, -0.1) is 0 Å². The molecule has 78 heavy (non-hydrogen) atoms. The van der Waals surface area contributed by atoms with Crippen LogP contribution in [0.15, 0.2) is 146 Å². The van der Waals surface area contributed by atoms with E-state index in [1.807, 2.05) is 24.3 Å². The fourth-order valence-electron chi connectivity index (χ4n) is 13.0. The first-order valence-corrected chi connectivity index (χ1v) is 28.0. The number of hydrogen-bond acceptors (Lipinski definition) is 6. The van der Waals surface area contributed by atoms with Crippen molar-refractivity contribution in [1.82, 2.24) is 0 Å². The molecule has 0 bridgehead atoms. The smallest absolute Gasteiger partial charge is 0.269 e. The Bertz CT molecular complexity index is 3370. The Balaban J connectivity index is 1.15. The minimum absolute atomic E-state index is 0.00610. The number of amides is 4. The van der Waals surface area contributed by atoms with Gasteiger partial charge in [0.05, 0.1) is 33.6 Å². The Morgan fingerprint density at radius 2 is 0.615 bits per heavy atom. The van der Waals surface area contributed by atoms with Crippen LogP contribution >= 0.6 is 0 Å². The second-order valence-corrected chi connectivity index (χ2v) is 23.2. The molecule has 2 heterocycles. The predicted octanol–water partition coefficient (Wildman–Crippen LogP) is 16.6. The van der Waals surface area contributed by atoms with Crippen molar-refractivity contribution in [2.45, 2.75) is 106 Å². The molecule has 8 heteroatoms. The molecular weight excluding hydrogens is 965 g/mol. The van der Waals surface area contributed by atoms with Crippen molar-refractivity contribution in [2.75, 3.05) is 9.80 Å². The average molecular weight is 1030 g/mol. The van der Waals surface area contributed by atoms with E-state index < -0.39 is 35.8 Å². The number of imide groups is 2. The Kier molecular flexibility index (Phi) is 13.0. The summed E-state index contributed by atoms with van der Waals surface area (Å²) >= 11 is 0. The maximum atomic E-state index is 16.5. The van der Waals surface area contributed by atoms with Gasteiger partial charge >= 0.3 is 0 Å². The van der Waals surface area contributed by atoms with Gasteiger partial charge in [0.1, 0.15) is 23.7 Å². The zero-order valence-electron chi connectivity index (χ0n) is 45.9. The van der Waals surface area contributed by atoms with Gasteiger partial charge in [-0.05, 0) is 143 Å². The van der Waals surface area contributed by atoms with Crippen LogP contribution in [0.25, 0.3) is 44.2 Å². The van der Waals surface area contributed by atoms with E-state index in [1.165, 1.54) is 9.80 Å². The lowest BCUT2D eigenvalue weighted by molar-refractivity contribution is 0.0837. The van der Waals surface area contributed by atoms with Crippen LogP contribution < -0.4 is 19.3 Å². The average Bonchev–Trinajstić information content (AvgIpc) is 4.01. The van der Waals surface area contributed by atoms with Gasteiger partial charge in [0, 0.05) is 33.0 Å². The van der Waals surface area contributed by atoms with Crippen molar-refractivity contribution in [3.05, 3.63) is 201 Å². The van der Waals surface area contributed by atoms with Gasteiger partial charge in [-0.25, -0.2) is 9.80 Å². The van der Waals surface area contributed by atoms with Crippen molar-refractivity contribution in [3.8, 4) is 11.5 Å². The van der Waals surface area contributed by atoms with Crippen LogP contribution in [0.2, 0.25) is 0 Å². The molecule has 4 amide bonds. The number of nitrogens with zero attached hydrogens (tertiary/aromatic N) is 2. The largest absolute Gasteiger partial charge is 0.489 e. The predicted molar refractivity (Wildman–Crippen MR) is 318 cm³/mol. The van der Waals surface area contributed by atoms with E-state index in [0.717, 1.165) is 79.7 Å². The third-order valence-corrected chi connectivity index (χ3v) is 16.6. The van der Waals surface area contributed by atoms with Gasteiger partial charge in [0.2, 0.25) is 0 Å². The van der Waals surface area contributed by atoms with Gasteiger partial charge in [0.15, 0.2) is 0 Å². The lowest BCUT2D eigenvalue weighted by Crippen LogP contribution is -2.45. The van der Waals surface area contributed by atoms with Gasteiger partial charge in [-0.3, -0.25) is 19.2 Å². The molecular formula is C70H66N2O6. The zero-order chi connectivity index (χ0) is 54.3. The highest BCUT2D eigenvalue weighted by atomic mass is 16.5. The number of carbonyl (C=O) groups excluding carboxylic acids is 4. The molecule has 0 saturated heterocycles. The summed E-state index contributed by atoms with van der Waals surface area (Å²) in [5.41, 5.74) is 12.9. The van der Waals surface area contributed by atoms with Crippen molar-refractivity contribution in [3.63, 3.8) is 0 Å². The summed E-state index contributed by atoms with van der Waals surface area (Å²) in [6.07, 6.45) is 40.6. The minimum Gasteiger partial charge on any atom is -0.489 e. The monoisotopic (exact) mass is 1030 g/mol. The SMILES string of the molecule is CC(C)C(Oc1cc2c3c(c(OC(C(C)C)C(C)C)cc4c3c1C(=O)N(c1c(C3=CC=CC3)cc(C3=CC=CC3)cc1C1=CC=CC1)C4=O)C(=O)N(c1c(C3=CC=CC3)cc(C3=CC=CC3)cc1C1=CC=CC1)C2=O)C(C)C. The van der Waals surface area contributed by atoms with Gasteiger partial charge < -0.3 is 9.47 Å². The maximum absolute atomic E-state index is 16.5. The van der Waals surface area contributed by atoms with Crippen LogP contribution in [0.1, 0.15) is 169 Å². The fourth-order valence-corrected chi connectivity index (χ4v) is 13.0. The molecule has 12 rings (SSSR count). The van der Waals surface area contributed by atoms with Crippen molar-refractivity contribution in [2.24, 2.45) is 23.7 Å². The molecule has 6 aliphatic carbocycles. The molecule has 0 fully saturated rings. The van der Waals surface area contributed by atoms with E-state index in [-0.39, 0.29) is 68.2 Å². The number of carbonyl (C=O) groups is 4. The van der Waals surface area contributed by atoms with E-state index in [9.17, 15) is 0 Å². The van der Waals surface area contributed by atoms with Gasteiger partial charge in [-0.2, -0.15) is 0 Å². The van der Waals surface area contributed by atoms with Crippen molar-refractivity contribution in [1.29, 1.82) is 0 Å². The molecule has 8 aliphatic rings. The van der Waals surface area contributed by atoms with Crippen LogP contribution in [0.3, 0.4) is 0 Å². The number of rotatable bonds is 16. The molecule has 0 saturated carbocycles. The Hall–Kier alpha value is -8.10. The molecule has 0 spiro atoms. The first-order chi connectivity index (χ1) is 37.7. The Morgan fingerprint density at radius 3 is 0.859 bits per heavy atom. The molecule has 0 unspecified atom stereocenters. The molecule has 2 aliphatic heterocycles. The number of allylic oxidation sites excluding steroid dienone is 24. The summed E-state index contributed by atoms with van der Waals surface area (Å²) < 4.78 is 14.4. The third kappa shape index (κ3) is 8.43. The summed E-state index contributed by atoms with van der Waals surface area (Å²) in [5.74, 6) is -1.97. The summed E-state index contributed by atoms with van der Waals surface area (Å²) in [5, 5.41) is 0.447. The molecule has 8 nitrogen and oxygen atoms in total. The molecule has 392 valence electrons. The van der Waals surface area contributed by atoms with Crippen LogP contribution in [-0.2, 0) is 0 Å². The first-order valence-electron chi connectivity index (χ1n) is 28.0. The van der Waals surface area contributed by atoms with E-state index in [2.05, 4.69) is 165 Å². The first kappa shape index (κ1) is 50.7. The Labute approximate surface area is 458 Å². The van der Waals surface area contributed by atoms with E-state index >= 15 is 19.2 Å². The van der Waals surface area contributed by atoms with Crippen LogP contribution in [0.5, 0.6) is 11.5 Å². The number of anilines is 2. The lowest BCUT2D eigenvalue weighted by atomic mass is 9.82. The summed E-state index contributed by atoms with van der Waals surface area (Å²) in [7, 11) is 0. The zero-order valence-corrected chi connectivity index (χ0v) is 45.9. The number of benzene rings is 4. The lowest BCUT2D eigenvalue weighted by Gasteiger charge is -2.38. The highest BCUT2D eigenvalue weighted by Crippen LogP contribution is 2.53. The summed E-state index contributed by atoms with van der Waals surface area (Å²) in [6, 6.07) is 11.9. The van der Waals surface area contributed by atoms with E-state index in [1.54, 1.807) is 12.1 Å². The maximum Gasteiger partial charge on any atom is 0.269 e. The minimum atomic E-state index is -0.586. The summed E-state index contributed by atoms with van der Waals surface area (Å²) in [4.78, 5) is 68.3. The normalized spacial score (nSPS) is 18.1. The van der Waals surface area contributed by atoms with Crippen molar-refractivity contribution >= 4 is 79.2 Å². The van der Waals surface area contributed by atoms with Crippen LogP contribution in [0.4, 0.5) is 11.4 Å².